The second kappa shape index (κ2) is 5.28. The molecule has 2 aromatic carbocycles. The van der Waals surface area contributed by atoms with Crippen LogP contribution in [0.4, 0.5) is 0 Å². The maximum absolute atomic E-state index is 9.52. The van der Waals surface area contributed by atoms with Crippen molar-refractivity contribution in [3.05, 3.63) is 72.3 Å². The van der Waals surface area contributed by atoms with Gasteiger partial charge in [-0.15, -0.1) is 6.58 Å². The number of ether oxygens (including phenoxy) is 1. The van der Waals surface area contributed by atoms with Crippen molar-refractivity contribution >= 4 is 0 Å². The molecule has 2 heteroatoms. The number of hydrogen-bond acceptors (Lipinski definition) is 2. The Morgan fingerprint density at radius 2 is 1.95 bits per heavy atom. The third kappa shape index (κ3) is 2.31. The van der Waals surface area contributed by atoms with Gasteiger partial charge in [0.2, 0.25) is 0 Å². The summed E-state index contributed by atoms with van der Waals surface area (Å²) >= 11 is 0. The van der Waals surface area contributed by atoms with Gasteiger partial charge in [0, 0.05) is 11.3 Å². The molecular weight excluding hydrogens is 260 g/mol. The minimum absolute atomic E-state index is 0.129. The Bertz CT molecular complexity index is 645. The van der Waals surface area contributed by atoms with Crippen LogP contribution in [-0.4, -0.2) is 11.7 Å². The minimum atomic E-state index is -0.129. The van der Waals surface area contributed by atoms with Gasteiger partial charge in [-0.3, -0.25) is 0 Å². The smallest absolute Gasteiger partial charge is 0.122 e. The molecule has 2 unspecified atom stereocenters. The molecule has 3 rings (SSSR count). The Kier molecular flexibility index (Phi) is 3.46. The van der Waals surface area contributed by atoms with E-state index < -0.39 is 0 Å². The van der Waals surface area contributed by atoms with Crippen LogP contribution >= 0.6 is 0 Å². The molecule has 0 aromatic heterocycles. The summed E-state index contributed by atoms with van der Waals surface area (Å²) in [7, 11) is 0. The van der Waals surface area contributed by atoms with Gasteiger partial charge >= 0.3 is 0 Å². The highest BCUT2D eigenvalue weighted by atomic mass is 16.5. The Balaban J connectivity index is 2.09. The molecule has 0 saturated heterocycles. The second-order valence-electron chi connectivity index (χ2n) is 5.87. The van der Waals surface area contributed by atoms with E-state index in [2.05, 4.69) is 25.6 Å². The van der Waals surface area contributed by atoms with Crippen molar-refractivity contribution in [2.75, 3.05) is 6.61 Å². The molecule has 108 valence electrons. The van der Waals surface area contributed by atoms with E-state index >= 15 is 0 Å². The molecule has 2 atom stereocenters. The van der Waals surface area contributed by atoms with E-state index in [-0.39, 0.29) is 5.41 Å². The zero-order valence-electron chi connectivity index (χ0n) is 12.3. The summed E-state index contributed by atoms with van der Waals surface area (Å²) in [5.41, 5.74) is 2.29. The number of para-hydroxylation sites is 1. The number of phenolic OH excluding ortho intramolecular Hbond substituents is 1. The van der Waals surface area contributed by atoms with Gasteiger partial charge < -0.3 is 9.84 Å². The lowest BCUT2D eigenvalue weighted by molar-refractivity contribution is 0.169. The first kappa shape index (κ1) is 13.7. The number of hydrogen-bond donors (Lipinski definition) is 1. The molecule has 0 aliphatic carbocycles. The van der Waals surface area contributed by atoms with Crippen LogP contribution in [0.5, 0.6) is 11.5 Å². The standard InChI is InChI=1S/C19H20O2/c1-3-6-17-16-7-4-5-8-18(16)21-13-19(17,2)14-9-11-15(20)12-10-14/h3-5,7-12,17,20H,1,6,13H2,2H3. The fourth-order valence-corrected chi connectivity index (χ4v) is 3.25. The quantitative estimate of drug-likeness (QED) is 0.844. The third-order valence-electron chi connectivity index (χ3n) is 4.52. The highest BCUT2D eigenvalue weighted by Crippen LogP contribution is 2.48. The first-order valence-corrected chi connectivity index (χ1v) is 7.27. The van der Waals surface area contributed by atoms with Crippen LogP contribution in [0.3, 0.4) is 0 Å². The molecule has 1 heterocycles. The van der Waals surface area contributed by atoms with Gasteiger partial charge in [-0.1, -0.05) is 43.3 Å². The fourth-order valence-electron chi connectivity index (χ4n) is 3.25. The Morgan fingerprint density at radius 3 is 2.67 bits per heavy atom. The molecule has 1 N–H and O–H groups in total. The van der Waals surface area contributed by atoms with E-state index in [1.807, 2.05) is 30.3 Å². The van der Waals surface area contributed by atoms with Gasteiger partial charge in [-0.05, 0) is 35.7 Å². The molecule has 0 amide bonds. The van der Waals surface area contributed by atoms with Crippen molar-refractivity contribution in [1.29, 1.82) is 0 Å². The van der Waals surface area contributed by atoms with Crippen molar-refractivity contribution in [1.82, 2.24) is 0 Å². The molecule has 1 aliphatic heterocycles. The molecule has 1 aliphatic rings. The predicted octanol–water partition coefficient (Wildman–Crippen LogP) is 4.40. The van der Waals surface area contributed by atoms with E-state index in [4.69, 9.17) is 4.74 Å². The summed E-state index contributed by atoms with van der Waals surface area (Å²) in [5, 5.41) is 9.52. The second-order valence-corrected chi connectivity index (χ2v) is 5.87. The Labute approximate surface area is 125 Å². The summed E-state index contributed by atoms with van der Waals surface area (Å²) in [4.78, 5) is 0. The van der Waals surface area contributed by atoms with Crippen LogP contribution in [0.1, 0.15) is 30.4 Å². The van der Waals surface area contributed by atoms with Gasteiger partial charge in [0.05, 0.1) is 6.61 Å². The number of benzene rings is 2. The first-order valence-electron chi connectivity index (χ1n) is 7.27. The average Bonchev–Trinajstić information content (AvgIpc) is 2.51. The summed E-state index contributed by atoms with van der Waals surface area (Å²) in [6.07, 6.45) is 2.88. The summed E-state index contributed by atoms with van der Waals surface area (Å²) in [6, 6.07) is 15.7. The monoisotopic (exact) mass is 280 g/mol. The number of fused-ring (bicyclic) bond motifs is 1. The van der Waals surface area contributed by atoms with Gasteiger partial charge in [0.25, 0.3) is 0 Å². The SMILES string of the molecule is C=CCC1c2ccccc2OCC1(C)c1ccc(O)cc1. The zero-order chi connectivity index (χ0) is 14.9. The summed E-state index contributed by atoms with van der Waals surface area (Å²) < 4.78 is 6.00. The fraction of sp³-hybridized carbons (Fsp3) is 0.263. The first-order chi connectivity index (χ1) is 10.1. The van der Waals surface area contributed by atoms with Crippen LogP contribution < -0.4 is 4.74 Å². The largest absolute Gasteiger partial charge is 0.508 e. The molecule has 0 fully saturated rings. The molecular formula is C19H20O2. The van der Waals surface area contributed by atoms with Crippen LogP contribution in [0.2, 0.25) is 0 Å². The molecule has 2 nitrogen and oxygen atoms in total. The van der Waals surface area contributed by atoms with Gasteiger partial charge in [0.1, 0.15) is 11.5 Å². The number of phenols is 1. The Hall–Kier alpha value is -2.22. The normalized spacial score (nSPS) is 24.0. The van der Waals surface area contributed by atoms with E-state index in [0.29, 0.717) is 18.3 Å². The van der Waals surface area contributed by atoms with E-state index in [9.17, 15) is 5.11 Å². The van der Waals surface area contributed by atoms with Crippen LogP contribution in [0.15, 0.2) is 61.2 Å². The van der Waals surface area contributed by atoms with E-state index in [1.54, 1.807) is 12.1 Å². The molecule has 0 spiro atoms. The minimum Gasteiger partial charge on any atom is -0.508 e. The highest BCUT2D eigenvalue weighted by molar-refractivity contribution is 5.45. The van der Waals surface area contributed by atoms with Crippen molar-refractivity contribution in [3.63, 3.8) is 0 Å². The maximum atomic E-state index is 9.52. The average molecular weight is 280 g/mol. The lowest BCUT2D eigenvalue weighted by atomic mass is 9.66. The topological polar surface area (TPSA) is 29.5 Å². The van der Waals surface area contributed by atoms with E-state index in [0.717, 1.165) is 12.2 Å². The maximum Gasteiger partial charge on any atom is 0.122 e. The van der Waals surface area contributed by atoms with E-state index in [1.165, 1.54) is 11.1 Å². The summed E-state index contributed by atoms with van der Waals surface area (Å²) in [5.74, 6) is 1.59. The van der Waals surface area contributed by atoms with Gasteiger partial charge in [-0.2, -0.15) is 0 Å². The lowest BCUT2D eigenvalue weighted by Crippen LogP contribution is -2.40. The van der Waals surface area contributed by atoms with Crippen LogP contribution in [0, 0.1) is 0 Å². The van der Waals surface area contributed by atoms with Gasteiger partial charge in [-0.25, -0.2) is 0 Å². The van der Waals surface area contributed by atoms with Crippen molar-refractivity contribution < 1.29 is 9.84 Å². The third-order valence-corrected chi connectivity index (χ3v) is 4.52. The highest BCUT2D eigenvalue weighted by Gasteiger charge is 2.41. The van der Waals surface area contributed by atoms with Crippen LogP contribution in [-0.2, 0) is 5.41 Å². The molecule has 0 radical (unpaired) electrons. The molecule has 0 saturated carbocycles. The van der Waals surface area contributed by atoms with Crippen molar-refractivity contribution in [2.24, 2.45) is 0 Å². The summed E-state index contributed by atoms with van der Waals surface area (Å²) in [6.45, 7) is 6.78. The number of allylic oxidation sites excluding steroid dienone is 1. The molecule has 21 heavy (non-hydrogen) atoms. The lowest BCUT2D eigenvalue weighted by Gasteiger charge is -2.42. The predicted molar refractivity (Wildman–Crippen MR) is 85.0 cm³/mol. The Morgan fingerprint density at radius 1 is 1.24 bits per heavy atom. The molecule has 2 aromatic rings. The number of rotatable bonds is 3. The number of aromatic hydroxyl groups is 1. The zero-order valence-corrected chi connectivity index (χ0v) is 12.3. The van der Waals surface area contributed by atoms with Gasteiger partial charge in [0.15, 0.2) is 0 Å². The van der Waals surface area contributed by atoms with Crippen molar-refractivity contribution in [2.45, 2.75) is 24.7 Å². The molecule has 0 bridgehead atoms. The van der Waals surface area contributed by atoms with Crippen molar-refractivity contribution in [3.8, 4) is 11.5 Å². The van der Waals surface area contributed by atoms with Crippen LogP contribution in [0.25, 0.3) is 0 Å².